The second kappa shape index (κ2) is 5.46. The molecule has 0 atom stereocenters. The molecule has 2 rings (SSSR count). The zero-order valence-electron chi connectivity index (χ0n) is 9.58. The Kier molecular flexibility index (Phi) is 3.72. The fourth-order valence-corrected chi connectivity index (χ4v) is 1.47. The predicted octanol–water partition coefficient (Wildman–Crippen LogP) is 2.84. The summed E-state index contributed by atoms with van der Waals surface area (Å²) in [5.74, 6) is -1.49. The molecule has 0 fully saturated rings. The second-order valence-electron chi connectivity index (χ2n) is 3.41. The van der Waals surface area contributed by atoms with Crippen LogP contribution in [0.15, 0.2) is 24.4 Å². The van der Waals surface area contributed by atoms with Crippen molar-refractivity contribution in [2.24, 2.45) is 0 Å². The largest absolute Gasteiger partial charge is 0.432 e. The average Bonchev–Trinajstić information content (AvgIpc) is 2.38. The van der Waals surface area contributed by atoms with E-state index in [-0.39, 0.29) is 11.0 Å². The Labute approximate surface area is 116 Å². The molecule has 0 radical (unpaired) electrons. The third-order valence-corrected chi connectivity index (χ3v) is 2.38. The van der Waals surface area contributed by atoms with Gasteiger partial charge in [-0.15, -0.1) is 0 Å². The zero-order valence-corrected chi connectivity index (χ0v) is 10.3. The third kappa shape index (κ3) is 2.62. The molecule has 0 aliphatic rings. The summed E-state index contributed by atoms with van der Waals surface area (Å²) in [4.78, 5) is 17.0. The van der Waals surface area contributed by atoms with Gasteiger partial charge in [0.15, 0.2) is 5.75 Å². The summed E-state index contributed by atoms with van der Waals surface area (Å²) in [7, 11) is 0. The number of nitriles is 1. The number of hydrogen-bond acceptors (Lipinski definition) is 6. The summed E-state index contributed by atoms with van der Waals surface area (Å²) in [6.07, 6.45) is 0.857. The molecule has 0 unspecified atom stereocenters. The minimum absolute atomic E-state index is 0.203. The van der Waals surface area contributed by atoms with Gasteiger partial charge in [-0.05, 0) is 23.7 Å². The normalized spacial score (nSPS) is 9.85. The maximum Gasteiger partial charge on any atom is 0.349 e. The van der Waals surface area contributed by atoms with Crippen LogP contribution in [0.4, 0.5) is 10.1 Å². The van der Waals surface area contributed by atoms with Crippen LogP contribution in [-0.2, 0) is 0 Å². The van der Waals surface area contributed by atoms with Gasteiger partial charge >= 0.3 is 11.6 Å². The highest BCUT2D eigenvalue weighted by Gasteiger charge is 2.21. The molecule has 0 saturated carbocycles. The fourth-order valence-electron chi connectivity index (χ4n) is 1.34. The fraction of sp³-hybridized carbons (Fsp3) is 0. The van der Waals surface area contributed by atoms with Crippen molar-refractivity contribution in [3.63, 3.8) is 0 Å². The zero-order chi connectivity index (χ0) is 14.7. The molecule has 2 aromatic rings. The Morgan fingerprint density at radius 3 is 2.90 bits per heavy atom. The molecule has 0 spiro atoms. The van der Waals surface area contributed by atoms with E-state index in [4.69, 9.17) is 21.6 Å². The molecule has 0 bridgehead atoms. The summed E-state index contributed by atoms with van der Waals surface area (Å²) in [5.41, 5.74) is -0.945. The molecule has 0 N–H and O–H groups in total. The minimum Gasteiger partial charge on any atom is -0.432 e. The Hall–Kier alpha value is -2.79. The van der Waals surface area contributed by atoms with Crippen molar-refractivity contribution in [3.8, 4) is 17.7 Å². The second-order valence-corrected chi connectivity index (χ2v) is 3.75. The summed E-state index contributed by atoms with van der Waals surface area (Å²) in [6.45, 7) is 0. The van der Waals surface area contributed by atoms with E-state index in [2.05, 4.69) is 9.97 Å². The van der Waals surface area contributed by atoms with Crippen LogP contribution in [0, 0.1) is 27.3 Å². The lowest BCUT2D eigenvalue weighted by Crippen LogP contribution is -1.99. The lowest BCUT2D eigenvalue weighted by Gasteiger charge is -2.06. The molecular weight excluding hydrogens is 291 g/mol. The van der Waals surface area contributed by atoms with Gasteiger partial charge in [0, 0.05) is 0 Å². The van der Waals surface area contributed by atoms with E-state index in [1.165, 1.54) is 12.1 Å². The van der Waals surface area contributed by atoms with Gasteiger partial charge in [0.2, 0.25) is 5.28 Å². The number of nitro groups is 1. The average molecular weight is 295 g/mol. The monoisotopic (exact) mass is 294 g/mol. The first kappa shape index (κ1) is 13.6. The van der Waals surface area contributed by atoms with Gasteiger partial charge < -0.3 is 4.74 Å². The van der Waals surface area contributed by atoms with Gasteiger partial charge in [0.1, 0.15) is 23.6 Å². The van der Waals surface area contributed by atoms with E-state index in [1.807, 2.05) is 0 Å². The van der Waals surface area contributed by atoms with Crippen LogP contribution < -0.4 is 4.74 Å². The number of halogens is 2. The van der Waals surface area contributed by atoms with Crippen molar-refractivity contribution >= 4 is 17.3 Å². The summed E-state index contributed by atoms with van der Waals surface area (Å²) >= 11 is 5.53. The quantitative estimate of drug-likeness (QED) is 0.490. The van der Waals surface area contributed by atoms with Crippen LogP contribution in [0.1, 0.15) is 5.56 Å². The Morgan fingerprint density at radius 1 is 1.50 bits per heavy atom. The van der Waals surface area contributed by atoms with Crippen molar-refractivity contribution in [2.45, 2.75) is 0 Å². The van der Waals surface area contributed by atoms with Gasteiger partial charge in [0.25, 0.3) is 0 Å². The lowest BCUT2D eigenvalue weighted by molar-refractivity contribution is -0.386. The van der Waals surface area contributed by atoms with Gasteiger partial charge in [-0.25, -0.2) is 9.37 Å². The topological polar surface area (TPSA) is 102 Å². The van der Waals surface area contributed by atoms with Crippen LogP contribution in [0.5, 0.6) is 11.6 Å². The first-order chi connectivity index (χ1) is 9.52. The highest BCUT2D eigenvalue weighted by molar-refractivity contribution is 6.28. The van der Waals surface area contributed by atoms with Crippen molar-refractivity contribution in [1.82, 2.24) is 9.97 Å². The third-order valence-electron chi connectivity index (χ3n) is 2.20. The predicted molar refractivity (Wildman–Crippen MR) is 64.9 cm³/mol. The maximum absolute atomic E-state index is 13.4. The van der Waals surface area contributed by atoms with E-state index in [1.54, 1.807) is 6.07 Å². The van der Waals surface area contributed by atoms with Gasteiger partial charge in [-0.3, -0.25) is 10.1 Å². The minimum atomic E-state index is -0.812. The molecule has 100 valence electrons. The maximum atomic E-state index is 13.4. The highest BCUT2D eigenvalue weighted by Crippen LogP contribution is 2.31. The molecule has 0 saturated heterocycles. The number of hydrogen-bond donors (Lipinski definition) is 0. The van der Waals surface area contributed by atoms with Crippen molar-refractivity contribution in [2.75, 3.05) is 0 Å². The first-order valence-corrected chi connectivity index (χ1v) is 5.44. The molecule has 1 heterocycles. The van der Waals surface area contributed by atoms with Crippen molar-refractivity contribution in [1.29, 1.82) is 5.26 Å². The summed E-state index contributed by atoms with van der Waals surface area (Å²) in [6, 6.07) is 5.23. The SMILES string of the molecule is N#Cc1c(F)cccc1Oc1nc(Cl)ncc1[N+](=O)[O-]. The molecule has 0 aliphatic carbocycles. The first-order valence-electron chi connectivity index (χ1n) is 5.06. The van der Waals surface area contributed by atoms with Crippen LogP contribution in [-0.4, -0.2) is 14.9 Å². The standard InChI is InChI=1S/C11H4ClFN4O3/c12-11-15-5-8(17(18)19)10(16-11)20-9-3-1-2-7(13)6(9)4-14/h1-3,5H. The molecule has 1 aromatic carbocycles. The number of ether oxygens (including phenoxy) is 1. The molecule has 20 heavy (non-hydrogen) atoms. The van der Waals surface area contributed by atoms with Crippen LogP contribution in [0.25, 0.3) is 0 Å². The van der Waals surface area contributed by atoms with Gasteiger partial charge in [-0.1, -0.05) is 6.07 Å². The molecule has 1 aromatic heterocycles. The number of aromatic nitrogens is 2. The lowest BCUT2D eigenvalue weighted by atomic mass is 10.2. The summed E-state index contributed by atoms with van der Waals surface area (Å²) < 4.78 is 18.5. The molecule has 0 amide bonds. The molecule has 0 aliphatic heterocycles. The van der Waals surface area contributed by atoms with E-state index in [0.29, 0.717) is 0 Å². The molecular formula is C11H4ClFN4O3. The van der Waals surface area contributed by atoms with Crippen LogP contribution >= 0.6 is 11.6 Å². The van der Waals surface area contributed by atoms with Crippen LogP contribution in [0.3, 0.4) is 0 Å². The van der Waals surface area contributed by atoms with Crippen molar-refractivity contribution < 1.29 is 14.1 Å². The van der Waals surface area contributed by atoms with Crippen LogP contribution in [0.2, 0.25) is 5.28 Å². The summed E-state index contributed by atoms with van der Waals surface area (Å²) in [5, 5.41) is 19.4. The highest BCUT2D eigenvalue weighted by atomic mass is 35.5. The number of benzene rings is 1. The number of nitrogens with zero attached hydrogens (tertiary/aromatic N) is 4. The Morgan fingerprint density at radius 2 is 2.25 bits per heavy atom. The Bertz CT molecular complexity index is 732. The number of rotatable bonds is 3. The van der Waals surface area contributed by atoms with Gasteiger partial charge in [0.05, 0.1) is 4.92 Å². The molecule has 7 nitrogen and oxygen atoms in total. The molecule has 9 heteroatoms. The van der Waals surface area contributed by atoms with E-state index < -0.39 is 27.9 Å². The van der Waals surface area contributed by atoms with E-state index in [0.717, 1.165) is 12.3 Å². The Balaban J connectivity index is 2.51. The van der Waals surface area contributed by atoms with E-state index in [9.17, 15) is 14.5 Å². The smallest absolute Gasteiger partial charge is 0.349 e. The van der Waals surface area contributed by atoms with Crippen molar-refractivity contribution in [3.05, 3.63) is 51.2 Å². The van der Waals surface area contributed by atoms with E-state index >= 15 is 0 Å². The van der Waals surface area contributed by atoms with Gasteiger partial charge in [-0.2, -0.15) is 10.2 Å².